The third-order valence-corrected chi connectivity index (χ3v) is 4.19. The van der Waals surface area contributed by atoms with E-state index < -0.39 is 0 Å². The molecule has 0 aliphatic rings. The maximum Gasteiger partial charge on any atom is 0.251 e. The van der Waals surface area contributed by atoms with Crippen LogP contribution in [0.2, 0.25) is 0 Å². The smallest absolute Gasteiger partial charge is 0.251 e. The van der Waals surface area contributed by atoms with Crippen LogP contribution < -0.4 is 11.1 Å². The van der Waals surface area contributed by atoms with Crippen molar-refractivity contribution in [2.75, 3.05) is 18.8 Å². The normalized spacial score (nSPS) is 11.3. The molecule has 1 aromatic carbocycles. The first kappa shape index (κ1) is 18.9. The first-order valence-electron chi connectivity index (χ1n) is 8.74. The molecule has 3 N–H and O–H groups in total. The number of nitrogens with zero attached hydrogens (tertiary/aromatic N) is 2. The lowest BCUT2D eigenvalue weighted by molar-refractivity contribution is 0.0939. The van der Waals surface area contributed by atoms with Gasteiger partial charge in [0.1, 0.15) is 0 Å². The third-order valence-electron chi connectivity index (χ3n) is 4.19. The summed E-state index contributed by atoms with van der Waals surface area (Å²) in [7, 11) is 0. The zero-order valence-corrected chi connectivity index (χ0v) is 15.5. The Morgan fingerprint density at radius 2 is 1.88 bits per heavy atom. The summed E-state index contributed by atoms with van der Waals surface area (Å²) in [5, 5.41) is 3.00. The summed E-state index contributed by atoms with van der Waals surface area (Å²) >= 11 is 0. The van der Waals surface area contributed by atoms with Crippen molar-refractivity contribution < 1.29 is 4.79 Å². The van der Waals surface area contributed by atoms with Gasteiger partial charge in [0, 0.05) is 48.2 Å². The Bertz CT molecular complexity index is 704. The number of nitrogens with two attached hydrogens (primary N) is 1. The molecule has 25 heavy (non-hydrogen) atoms. The van der Waals surface area contributed by atoms with Gasteiger partial charge in [0.25, 0.3) is 5.91 Å². The molecule has 1 aromatic heterocycles. The van der Waals surface area contributed by atoms with Gasteiger partial charge in [0.05, 0.1) is 5.69 Å². The molecular weight excluding hydrogens is 312 g/mol. The zero-order valence-electron chi connectivity index (χ0n) is 15.5. The van der Waals surface area contributed by atoms with Gasteiger partial charge in [0.15, 0.2) is 0 Å². The van der Waals surface area contributed by atoms with Crippen LogP contribution in [0.3, 0.4) is 0 Å². The molecule has 0 unspecified atom stereocenters. The molecule has 134 valence electrons. The Hall–Kier alpha value is -2.40. The van der Waals surface area contributed by atoms with Gasteiger partial charge in [-0.2, -0.15) is 0 Å². The molecule has 2 aromatic rings. The summed E-state index contributed by atoms with van der Waals surface area (Å²) in [6, 6.07) is 11.9. The van der Waals surface area contributed by atoms with Gasteiger partial charge in [-0.15, -0.1) is 0 Å². The Morgan fingerprint density at radius 3 is 2.52 bits per heavy atom. The van der Waals surface area contributed by atoms with Crippen LogP contribution in [0.1, 0.15) is 38.1 Å². The van der Waals surface area contributed by atoms with E-state index in [1.54, 1.807) is 18.3 Å². The lowest BCUT2D eigenvalue weighted by Crippen LogP contribution is -2.42. The molecule has 0 saturated carbocycles. The van der Waals surface area contributed by atoms with Gasteiger partial charge >= 0.3 is 0 Å². The average molecular weight is 340 g/mol. The van der Waals surface area contributed by atoms with Crippen molar-refractivity contribution in [3.05, 3.63) is 48.2 Å². The Labute approximate surface area is 150 Å². The highest BCUT2D eigenvalue weighted by Crippen LogP contribution is 2.20. The van der Waals surface area contributed by atoms with E-state index in [0.29, 0.717) is 29.9 Å². The molecule has 5 nitrogen and oxygen atoms in total. The summed E-state index contributed by atoms with van der Waals surface area (Å²) < 4.78 is 0. The van der Waals surface area contributed by atoms with E-state index in [1.807, 2.05) is 24.3 Å². The number of carbonyl (C=O) groups excluding carboxylic acids is 1. The second kappa shape index (κ2) is 8.62. The lowest BCUT2D eigenvalue weighted by atomic mass is 10.1. The highest BCUT2D eigenvalue weighted by molar-refractivity contribution is 5.95. The topological polar surface area (TPSA) is 71.2 Å². The van der Waals surface area contributed by atoms with Crippen molar-refractivity contribution in [2.45, 2.75) is 39.8 Å². The van der Waals surface area contributed by atoms with Gasteiger partial charge in [-0.25, -0.2) is 0 Å². The standard InChI is InChI=1S/C20H28N4O/c1-14(2)24(15(3)4)11-10-23-20(25)17-8-9-22-19(13-17)16-6-5-7-18(21)12-16/h5-9,12-15H,10-11,21H2,1-4H3,(H,23,25). The Kier molecular flexibility index (Phi) is 6.53. The van der Waals surface area contributed by atoms with Crippen LogP contribution in [-0.4, -0.2) is 41.0 Å². The van der Waals surface area contributed by atoms with Crippen molar-refractivity contribution in [3.8, 4) is 11.3 Å². The molecule has 0 spiro atoms. The van der Waals surface area contributed by atoms with Crippen LogP contribution in [0, 0.1) is 0 Å². The monoisotopic (exact) mass is 340 g/mol. The van der Waals surface area contributed by atoms with Crippen molar-refractivity contribution in [2.24, 2.45) is 0 Å². The molecule has 0 aliphatic carbocycles. The lowest BCUT2D eigenvalue weighted by Gasteiger charge is -2.30. The number of rotatable bonds is 7. The van der Waals surface area contributed by atoms with E-state index in [1.165, 1.54) is 0 Å². The Balaban J connectivity index is 2.02. The fourth-order valence-corrected chi connectivity index (χ4v) is 2.94. The summed E-state index contributed by atoms with van der Waals surface area (Å²) in [5.74, 6) is -0.0833. The van der Waals surface area contributed by atoms with E-state index in [2.05, 4.69) is 42.9 Å². The molecule has 5 heteroatoms. The summed E-state index contributed by atoms with van der Waals surface area (Å²) in [6.45, 7) is 10.1. The van der Waals surface area contributed by atoms with Crippen LogP contribution in [0.15, 0.2) is 42.6 Å². The summed E-state index contributed by atoms with van der Waals surface area (Å²) in [5.41, 5.74) is 8.75. The van der Waals surface area contributed by atoms with E-state index in [0.717, 1.165) is 17.8 Å². The molecule has 0 aliphatic heterocycles. The van der Waals surface area contributed by atoms with Crippen molar-refractivity contribution in [3.63, 3.8) is 0 Å². The van der Waals surface area contributed by atoms with Crippen molar-refractivity contribution in [1.82, 2.24) is 15.2 Å². The van der Waals surface area contributed by atoms with E-state index in [9.17, 15) is 4.79 Å². The number of benzene rings is 1. The molecule has 0 bridgehead atoms. The number of carbonyl (C=O) groups is 1. The van der Waals surface area contributed by atoms with E-state index in [4.69, 9.17) is 5.73 Å². The van der Waals surface area contributed by atoms with Crippen LogP contribution in [0.25, 0.3) is 11.3 Å². The second-order valence-corrected chi connectivity index (χ2v) is 6.74. The molecule has 1 heterocycles. The van der Waals surface area contributed by atoms with E-state index in [-0.39, 0.29) is 5.91 Å². The van der Waals surface area contributed by atoms with Crippen LogP contribution in [0.4, 0.5) is 5.69 Å². The van der Waals surface area contributed by atoms with Gasteiger partial charge < -0.3 is 11.1 Å². The minimum absolute atomic E-state index is 0.0833. The number of pyridine rings is 1. The first-order valence-corrected chi connectivity index (χ1v) is 8.74. The average Bonchev–Trinajstić information content (AvgIpc) is 2.58. The van der Waals surface area contributed by atoms with Crippen LogP contribution in [-0.2, 0) is 0 Å². The van der Waals surface area contributed by atoms with Crippen molar-refractivity contribution >= 4 is 11.6 Å². The maximum absolute atomic E-state index is 12.4. The number of aromatic nitrogens is 1. The minimum atomic E-state index is -0.0833. The fraction of sp³-hybridized carbons (Fsp3) is 0.400. The minimum Gasteiger partial charge on any atom is -0.399 e. The molecule has 2 rings (SSSR count). The number of amides is 1. The molecule has 0 radical (unpaired) electrons. The fourth-order valence-electron chi connectivity index (χ4n) is 2.94. The largest absolute Gasteiger partial charge is 0.399 e. The van der Waals surface area contributed by atoms with Gasteiger partial charge in [0.2, 0.25) is 0 Å². The molecule has 0 saturated heterocycles. The second-order valence-electron chi connectivity index (χ2n) is 6.74. The number of anilines is 1. The van der Waals surface area contributed by atoms with Gasteiger partial charge in [-0.3, -0.25) is 14.7 Å². The number of hydrogen-bond acceptors (Lipinski definition) is 4. The van der Waals surface area contributed by atoms with Crippen LogP contribution in [0.5, 0.6) is 0 Å². The summed E-state index contributed by atoms with van der Waals surface area (Å²) in [4.78, 5) is 19.1. The predicted molar refractivity (Wildman–Crippen MR) is 103 cm³/mol. The molecular formula is C20H28N4O. The molecule has 1 amide bonds. The van der Waals surface area contributed by atoms with E-state index >= 15 is 0 Å². The molecule has 0 atom stereocenters. The first-order chi connectivity index (χ1) is 11.9. The van der Waals surface area contributed by atoms with Crippen molar-refractivity contribution in [1.29, 1.82) is 0 Å². The third kappa shape index (κ3) is 5.29. The number of hydrogen-bond donors (Lipinski definition) is 2. The van der Waals surface area contributed by atoms with Gasteiger partial charge in [-0.1, -0.05) is 12.1 Å². The van der Waals surface area contributed by atoms with Crippen LogP contribution >= 0.6 is 0 Å². The Morgan fingerprint density at radius 1 is 1.16 bits per heavy atom. The maximum atomic E-state index is 12.4. The SMILES string of the molecule is CC(C)N(CCNC(=O)c1ccnc(-c2cccc(N)c2)c1)C(C)C. The highest BCUT2D eigenvalue weighted by atomic mass is 16.1. The summed E-state index contributed by atoms with van der Waals surface area (Å²) in [6.07, 6.45) is 1.65. The zero-order chi connectivity index (χ0) is 18.4. The number of nitrogens with one attached hydrogen (secondary N) is 1. The highest BCUT2D eigenvalue weighted by Gasteiger charge is 2.14. The molecule has 0 fully saturated rings. The number of nitrogen functional groups attached to an aromatic ring is 1. The quantitative estimate of drug-likeness (QED) is 0.760. The predicted octanol–water partition coefficient (Wildman–Crippen LogP) is 3.18. The van der Waals surface area contributed by atoms with Gasteiger partial charge in [-0.05, 0) is 52.0 Å².